The molecule has 14 nitrogen and oxygen atoms in total. The van der Waals surface area contributed by atoms with Crippen LogP contribution in [0.1, 0.15) is 109 Å². The number of hydrogen-bond acceptors (Lipinski definition) is 10. The summed E-state index contributed by atoms with van der Waals surface area (Å²) in [5, 5.41) is 18.1. The zero-order valence-electron chi connectivity index (χ0n) is 31.6. The number of aromatic nitrogens is 1. The van der Waals surface area contributed by atoms with Gasteiger partial charge in [-0.15, -0.1) is 0 Å². The van der Waals surface area contributed by atoms with Crippen LogP contribution in [0.15, 0.2) is 36.4 Å². The molecule has 7 rings (SSSR count). The second-order valence-corrected chi connectivity index (χ2v) is 19.3. The van der Waals surface area contributed by atoms with Gasteiger partial charge in [-0.3, -0.25) is 19.1 Å². The summed E-state index contributed by atoms with van der Waals surface area (Å²) in [6.45, 7) is 8.43. The van der Waals surface area contributed by atoms with Gasteiger partial charge in [0.05, 0.1) is 28.6 Å². The Bertz CT molecular complexity index is 2030. The zero-order chi connectivity index (χ0) is 38.8. The van der Waals surface area contributed by atoms with Crippen molar-refractivity contribution in [2.75, 3.05) is 6.54 Å². The number of sulfonamides is 1. The number of alkyl carbamates (subject to hydrolysis) is 1. The van der Waals surface area contributed by atoms with Gasteiger partial charge in [0.15, 0.2) is 0 Å². The van der Waals surface area contributed by atoms with E-state index >= 15 is 0 Å². The van der Waals surface area contributed by atoms with Crippen molar-refractivity contribution in [3.05, 3.63) is 47.7 Å². The SMILES string of the molecule is Cc1nc2ccccc2c2c1O[C@]1(CC2O)C[C@H]2C(=O)N[C@]3(C(=O)NS(=O)(=O)C4(C)CC4)C[C@H]3/C=C\CCCCC[C@H](NC(=O)OC(C)(C)C)C(=O)N2C1. The van der Waals surface area contributed by atoms with E-state index in [1.54, 1.807) is 34.6 Å². The number of allylic oxidation sites excluding steroid dienone is 1. The molecule has 3 fully saturated rings. The molecule has 2 aliphatic carbocycles. The molecule has 54 heavy (non-hydrogen) atoms. The monoisotopic (exact) mass is 765 g/mol. The molecule has 1 spiro atoms. The lowest BCUT2D eigenvalue weighted by atomic mass is 9.85. The Hall–Kier alpha value is -4.24. The highest BCUT2D eigenvalue weighted by Gasteiger charge is 2.64. The predicted octanol–water partition coefficient (Wildman–Crippen LogP) is 3.99. The van der Waals surface area contributed by atoms with E-state index in [9.17, 15) is 32.7 Å². The molecule has 2 saturated carbocycles. The minimum atomic E-state index is -4.01. The number of carbonyl (C=O) groups excluding carboxylic acids is 4. The third-order valence-electron chi connectivity index (χ3n) is 11.6. The lowest BCUT2D eigenvalue weighted by Crippen LogP contribution is -2.58. The Morgan fingerprint density at radius 2 is 1.83 bits per heavy atom. The van der Waals surface area contributed by atoms with Gasteiger partial charge < -0.3 is 30.1 Å². The number of hydrogen-bond donors (Lipinski definition) is 4. The van der Waals surface area contributed by atoms with E-state index in [1.165, 1.54) is 4.90 Å². The molecular weight excluding hydrogens is 715 g/mol. The van der Waals surface area contributed by atoms with Gasteiger partial charge >= 0.3 is 6.09 Å². The number of aliphatic hydroxyl groups excluding tert-OH is 1. The molecule has 1 aromatic heterocycles. The van der Waals surface area contributed by atoms with Crippen molar-refractivity contribution < 1.29 is 42.2 Å². The minimum Gasteiger partial charge on any atom is -0.483 e. The van der Waals surface area contributed by atoms with Gasteiger partial charge in [0.1, 0.15) is 34.6 Å². The van der Waals surface area contributed by atoms with Crippen molar-refractivity contribution in [3.63, 3.8) is 0 Å². The van der Waals surface area contributed by atoms with Crippen molar-refractivity contribution in [1.29, 1.82) is 0 Å². The molecule has 5 aliphatic rings. The molecule has 0 radical (unpaired) electrons. The van der Waals surface area contributed by atoms with Crippen LogP contribution in [0.3, 0.4) is 0 Å². The van der Waals surface area contributed by atoms with Gasteiger partial charge in [0.2, 0.25) is 21.8 Å². The fourth-order valence-corrected chi connectivity index (χ4v) is 9.49. The maximum Gasteiger partial charge on any atom is 0.408 e. The molecule has 4 N–H and O–H groups in total. The third-order valence-corrected chi connectivity index (χ3v) is 13.7. The van der Waals surface area contributed by atoms with E-state index in [0.717, 1.165) is 18.2 Å². The maximum absolute atomic E-state index is 14.7. The van der Waals surface area contributed by atoms with Crippen molar-refractivity contribution in [1.82, 2.24) is 25.2 Å². The minimum absolute atomic E-state index is 0.0406. The van der Waals surface area contributed by atoms with E-state index in [0.29, 0.717) is 48.2 Å². The fraction of sp³-hybridized carbons (Fsp3) is 0.615. The summed E-state index contributed by atoms with van der Waals surface area (Å²) < 4.78 is 39.9. The zero-order valence-corrected chi connectivity index (χ0v) is 32.4. The number of pyridine rings is 1. The van der Waals surface area contributed by atoms with Crippen LogP contribution in [0.25, 0.3) is 10.9 Å². The smallest absolute Gasteiger partial charge is 0.408 e. The molecule has 4 amide bonds. The average Bonchev–Trinajstić information content (AvgIpc) is 3.97. The number of nitrogens with one attached hydrogen (secondary N) is 3. The van der Waals surface area contributed by atoms with Gasteiger partial charge in [-0.1, -0.05) is 43.2 Å². The summed E-state index contributed by atoms with van der Waals surface area (Å²) in [6.07, 6.45) is 6.14. The number of fused-ring (bicyclic) bond motifs is 5. The summed E-state index contributed by atoms with van der Waals surface area (Å²) in [5.74, 6) is -2.09. The van der Waals surface area contributed by atoms with E-state index in [-0.39, 0.29) is 32.2 Å². The molecule has 3 aliphatic heterocycles. The largest absolute Gasteiger partial charge is 0.483 e. The van der Waals surface area contributed by atoms with Crippen molar-refractivity contribution in [3.8, 4) is 5.75 Å². The Kier molecular flexibility index (Phi) is 9.51. The Morgan fingerprint density at radius 1 is 1.09 bits per heavy atom. The van der Waals surface area contributed by atoms with Crippen LogP contribution in [-0.2, 0) is 29.1 Å². The Morgan fingerprint density at radius 3 is 2.56 bits per heavy atom. The van der Waals surface area contributed by atoms with Crippen LogP contribution in [-0.4, -0.2) is 87.3 Å². The summed E-state index contributed by atoms with van der Waals surface area (Å²) in [6, 6.07) is 5.20. The highest BCUT2D eigenvalue weighted by molar-refractivity contribution is 7.91. The van der Waals surface area contributed by atoms with Gasteiger partial charge in [-0.2, -0.15) is 0 Å². The van der Waals surface area contributed by atoms with Crippen LogP contribution in [0.4, 0.5) is 4.79 Å². The number of aryl methyl sites for hydroxylation is 1. The van der Waals surface area contributed by atoms with Gasteiger partial charge in [0.25, 0.3) is 5.91 Å². The summed E-state index contributed by atoms with van der Waals surface area (Å²) in [4.78, 5) is 62.4. The lowest BCUT2D eigenvalue weighted by molar-refractivity contribution is -0.141. The summed E-state index contributed by atoms with van der Waals surface area (Å²) in [5.41, 5.74) is -1.78. The first-order chi connectivity index (χ1) is 25.4. The number of benzene rings is 1. The highest BCUT2D eigenvalue weighted by Crippen LogP contribution is 2.50. The molecule has 1 unspecified atom stereocenters. The first-order valence-electron chi connectivity index (χ1n) is 19.0. The normalized spacial score (nSPS) is 31.4. The fourth-order valence-electron chi connectivity index (χ4n) is 8.18. The van der Waals surface area contributed by atoms with Crippen molar-refractivity contribution in [2.24, 2.45) is 5.92 Å². The van der Waals surface area contributed by atoms with E-state index < -0.39 is 79.4 Å². The van der Waals surface area contributed by atoms with Gasteiger partial charge in [-0.05, 0) is 79.2 Å². The number of aliphatic hydroxyl groups is 1. The molecule has 0 bridgehead atoms. The van der Waals surface area contributed by atoms with Crippen LogP contribution in [0, 0.1) is 12.8 Å². The molecular formula is C39H51N5O9S. The second kappa shape index (κ2) is 13.5. The second-order valence-electron chi connectivity index (χ2n) is 17.1. The molecule has 1 aromatic carbocycles. The first-order valence-corrected chi connectivity index (χ1v) is 20.5. The van der Waals surface area contributed by atoms with Crippen LogP contribution >= 0.6 is 0 Å². The maximum atomic E-state index is 14.7. The molecule has 15 heteroatoms. The van der Waals surface area contributed by atoms with Gasteiger partial charge in [-0.25, -0.2) is 18.2 Å². The van der Waals surface area contributed by atoms with E-state index in [2.05, 4.69) is 15.4 Å². The third kappa shape index (κ3) is 7.16. The van der Waals surface area contributed by atoms with E-state index in [4.69, 9.17) is 14.5 Å². The molecule has 292 valence electrons. The Balaban J connectivity index is 1.25. The summed E-state index contributed by atoms with van der Waals surface area (Å²) in [7, 11) is -4.01. The molecule has 1 saturated heterocycles. The molecule has 2 aromatic rings. The number of ether oxygens (including phenoxy) is 2. The van der Waals surface area contributed by atoms with Crippen LogP contribution < -0.4 is 20.1 Å². The topological polar surface area (TPSA) is 193 Å². The summed E-state index contributed by atoms with van der Waals surface area (Å²) >= 11 is 0. The van der Waals surface area contributed by atoms with Crippen LogP contribution in [0.5, 0.6) is 5.75 Å². The number of nitrogens with zero attached hydrogens (tertiary/aromatic N) is 2. The van der Waals surface area contributed by atoms with E-state index in [1.807, 2.05) is 36.4 Å². The number of carbonyl (C=O) groups is 4. The van der Waals surface area contributed by atoms with Crippen molar-refractivity contribution >= 4 is 44.7 Å². The van der Waals surface area contributed by atoms with Crippen molar-refractivity contribution in [2.45, 2.75) is 139 Å². The number of para-hydroxylation sites is 1. The predicted molar refractivity (Wildman–Crippen MR) is 199 cm³/mol. The highest BCUT2D eigenvalue weighted by atomic mass is 32.2. The molecule has 6 atom stereocenters. The molecule has 4 heterocycles. The number of amides is 4. The standard InChI is InChI=1S/C39H51N5O9S/c1-23-31-30(25-14-11-12-15-26(25)40-23)29(45)21-38(52-31)20-28-32(46)42-39(34(48)43-54(50,51)37(5)17-18-37)19-24(39)13-9-7-6-8-10-16-27(33(47)44(28)22-38)41-35(49)53-36(2,3)4/h9,11-15,24,27-29,45H,6-8,10,16-22H2,1-5H3,(H,41,49)(H,42,46)(H,43,48)/b13-9-/t24-,27+,28+,29?,38+,39-/m1/s1. The van der Waals surface area contributed by atoms with Crippen LogP contribution in [0.2, 0.25) is 0 Å². The lowest BCUT2D eigenvalue weighted by Gasteiger charge is -2.39. The quantitative estimate of drug-likeness (QED) is 0.331. The first kappa shape index (κ1) is 38.1. The average molecular weight is 766 g/mol. The van der Waals surface area contributed by atoms with Gasteiger partial charge in [0, 0.05) is 29.7 Å². The number of rotatable bonds is 4. The Labute approximate surface area is 315 Å².